The van der Waals surface area contributed by atoms with Crippen LogP contribution < -0.4 is 16.8 Å². The maximum atomic E-state index is 11.5. The summed E-state index contributed by atoms with van der Waals surface area (Å²) in [5, 5.41) is 11.5. The van der Waals surface area contributed by atoms with Crippen molar-refractivity contribution in [1.82, 2.24) is 0 Å². The van der Waals surface area contributed by atoms with Crippen LogP contribution in [0.15, 0.2) is 24.3 Å². The van der Waals surface area contributed by atoms with Gasteiger partial charge in [-0.05, 0) is 24.1 Å². The van der Waals surface area contributed by atoms with E-state index in [4.69, 9.17) is 16.6 Å². The first kappa shape index (κ1) is 15.1. The van der Waals surface area contributed by atoms with Gasteiger partial charge in [-0.1, -0.05) is 19.1 Å². The average Bonchev–Trinajstić information content (AvgIpc) is 2.39. The number of carboxylic acids is 1. The number of nitrogens with two attached hydrogens (primary N) is 2. The lowest BCUT2D eigenvalue weighted by Crippen LogP contribution is -2.41. The Morgan fingerprint density at radius 2 is 1.89 bits per heavy atom. The number of hydrogen-bond donors (Lipinski definition) is 4. The fraction of sp³-hybridized carbons (Fsp3) is 0.385. The van der Waals surface area contributed by atoms with E-state index < -0.39 is 17.9 Å². The van der Waals surface area contributed by atoms with E-state index in [1.54, 1.807) is 31.2 Å². The summed E-state index contributed by atoms with van der Waals surface area (Å²) in [6, 6.07) is 6.26. The van der Waals surface area contributed by atoms with E-state index in [1.165, 1.54) is 0 Å². The van der Waals surface area contributed by atoms with Crippen molar-refractivity contribution in [3.8, 4) is 0 Å². The molecule has 1 aromatic carbocycles. The Balaban J connectivity index is 2.61. The molecule has 0 saturated carbocycles. The maximum absolute atomic E-state index is 11.5. The molecular weight excluding hydrogens is 246 g/mol. The highest BCUT2D eigenvalue weighted by Gasteiger charge is 2.13. The molecule has 0 spiro atoms. The minimum absolute atomic E-state index is 0.0834. The lowest BCUT2D eigenvalue weighted by molar-refractivity contribution is -0.141. The van der Waals surface area contributed by atoms with Crippen LogP contribution in [0.2, 0.25) is 0 Å². The fourth-order valence-electron chi connectivity index (χ4n) is 1.51. The van der Waals surface area contributed by atoms with Crippen molar-refractivity contribution in [2.45, 2.75) is 19.4 Å². The van der Waals surface area contributed by atoms with Crippen molar-refractivity contribution in [2.24, 2.45) is 17.4 Å². The first-order chi connectivity index (χ1) is 8.93. The van der Waals surface area contributed by atoms with Crippen molar-refractivity contribution in [3.63, 3.8) is 0 Å². The molecule has 1 amide bonds. The molecule has 6 heteroatoms. The van der Waals surface area contributed by atoms with E-state index >= 15 is 0 Å². The van der Waals surface area contributed by atoms with Crippen LogP contribution >= 0.6 is 0 Å². The third-order valence-electron chi connectivity index (χ3n) is 2.78. The molecule has 19 heavy (non-hydrogen) atoms. The molecule has 0 aliphatic rings. The monoisotopic (exact) mass is 265 g/mol. The molecule has 0 saturated heterocycles. The minimum Gasteiger partial charge on any atom is -0.481 e. The Morgan fingerprint density at radius 1 is 1.32 bits per heavy atom. The van der Waals surface area contributed by atoms with Crippen LogP contribution in [0.5, 0.6) is 0 Å². The van der Waals surface area contributed by atoms with Gasteiger partial charge in [0.2, 0.25) is 5.91 Å². The van der Waals surface area contributed by atoms with Crippen molar-refractivity contribution >= 4 is 17.6 Å². The molecule has 6 nitrogen and oxygen atoms in total. The molecule has 0 fully saturated rings. The number of hydrogen-bond acceptors (Lipinski definition) is 4. The summed E-state index contributed by atoms with van der Waals surface area (Å²) in [7, 11) is 0. The van der Waals surface area contributed by atoms with Gasteiger partial charge in [0, 0.05) is 12.2 Å². The Kier molecular flexibility index (Phi) is 5.47. The summed E-state index contributed by atoms with van der Waals surface area (Å²) in [6.07, 6.45) is 0.450. The van der Waals surface area contributed by atoms with Gasteiger partial charge in [0.15, 0.2) is 0 Å². The molecule has 0 aromatic heterocycles. The normalized spacial score (nSPS) is 13.6. The standard InChI is InChI=1S/C13H19N3O3/c1-8(13(18)19)6-9-2-4-10(5-3-9)16-12(17)11(15)7-14/h2-5,8,11H,6-7,14-15H2,1H3,(H,16,17)(H,18,19)/t8-,11?/m1/s1. The quantitative estimate of drug-likeness (QED) is 0.585. The fourth-order valence-corrected chi connectivity index (χ4v) is 1.51. The Morgan fingerprint density at radius 3 is 2.37 bits per heavy atom. The zero-order chi connectivity index (χ0) is 14.4. The van der Waals surface area contributed by atoms with Crippen molar-refractivity contribution in [1.29, 1.82) is 0 Å². The van der Waals surface area contributed by atoms with Crippen LogP contribution in [0, 0.1) is 5.92 Å². The topological polar surface area (TPSA) is 118 Å². The highest BCUT2D eigenvalue weighted by atomic mass is 16.4. The molecule has 2 atom stereocenters. The SMILES string of the molecule is C[C@H](Cc1ccc(NC(=O)C(N)CN)cc1)C(=O)O. The third-order valence-corrected chi connectivity index (χ3v) is 2.78. The van der Waals surface area contributed by atoms with Gasteiger partial charge < -0.3 is 21.9 Å². The molecule has 104 valence electrons. The zero-order valence-corrected chi connectivity index (χ0v) is 10.8. The first-order valence-electron chi connectivity index (χ1n) is 6.02. The number of nitrogens with one attached hydrogen (secondary N) is 1. The summed E-state index contributed by atoms with van der Waals surface area (Å²) < 4.78 is 0. The van der Waals surface area contributed by atoms with Crippen LogP contribution in [0.25, 0.3) is 0 Å². The van der Waals surface area contributed by atoms with E-state index in [-0.39, 0.29) is 12.5 Å². The number of anilines is 1. The number of carbonyl (C=O) groups is 2. The van der Waals surface area contributed by atoms with E-state index in [9.17, 15) is 9.59 Å². The second-order valence-corrected chi connectivity index (χ2v) is 4.47. The summed E-state index contributed by atoms with van der Waals surface area (Å²) in [4.78, 5) is 22.2. The third kappa shape index (κ3) is 4.69. The molecule has 1 unspecified atom stereocenters. The minimum atomic E-state index is -0.828. The lowest BCUT2D eigenvalue weighted by atomic mass is 10.0. The Labute approximate surface area is 111 Å². The van der Waals surface area contributed by atoms with E-state index in [0.29, 0.717) is 12.1 Å². The predicted octanol–water partition coefficient (Wildman–Crippen LogP) is 0.174. The Hall–Kier alpha value is -1.92. The highest BCUT2D eigenvalue weighted by Crippen LogP contribution is 2.13. The van der Waals surface area contributed by atoms with Gasteiger partial charge in [-0.3, -0.25) is 9.59 Å². The van der Waals surface area contributed by atoms with Crippen molar-refractivity contribution in [2.75, 3.05) is 11.9 Å². The lowest BCUT2D eigenvalue weighted by Gasteiger charge is -2.11. The highest BCUT2D eigenvalue weighted by molar-refractivity contribution is 5.94. The van der Waals surface area contributed by atoms with Gasteiger partial charge in [-0.2, -0.15) is 0 Å². The van der Waals surface area contributed by atoms with Crippen LogP contribution in [-0.4, -0.2) is 29.6 Å². The van der Waals surface area contributed by atoms with Crippen LogP contribution in [0.3, 0.4) is 0 Å². The van der Waals surface area contributed by atoms with Crippen LogP contribution in [0.1, 0.15) is 12.5 Å². The average molecular weight is 265 g/mol. The molecule has 0 aliphatic heterocycles. The molecule has 0 bridgehead atoms. The smallest absolute Gasteiger partial charge is 0.306 e. The van der Waals surface area contributed by atoms with Gasteiger partial charge >= 0.3 is 5.97 Å². The molecular formula is C13H19N3O3. The molecule has 0 radical (unpaired) electrons. The molecule has 6 N–H and O–H groups in total. The summed E-state index contributed by atoms with van der Waals surface area (Å²) in [5.41, 5.74) is 12.3. The van der Waals surface area contributed by atoms with E-state index in [2.05, 4.69) is 5.32 Å². The second kappa shape index (κ2) is 6.86. The van der Waals surface area contributed by atoms with Gasteiger partial charge in [0.25, 0.3) is 0 Å². The molecule has 1 rings (SSSR count). The van der Waals surface area contributed by atoms with E-state index in [1.807, 2.05) is 0 Å². The van der Waals surface area contributed by atoms with Gasteiger partial charge in [-0.15, -0.1) is 0 Å². The molecule has 0 aliphatic carbocycles. The number of rotatable bonds is 6. The van der Waals surface area contributed by atoms with Crippen LogP contribution in [-0.2, 0) is 16.0 Å². The predicted molar refractivity (Wildman–Crippen MR) is 72.6 cm³/mol. The summed E-state index contributed by atoms with van der Waals surface area (Å²) in [6.45, 7) is 1.73. The molecule has 0 heterocycles. The van der Waals surface area contributed by atoms with E-state index in [0.717, 1.165) is 5.56 Å². The second-order valence-electron chi connectivity index (χ2n) is 4.47. The number of aliphatic carboxylic acids is 1. The number of carbonyl (C=O) groups excluding carboxylic acids is 1. The van der Waals surface area contributed by atoms with Gasteiger partial charge in [-0.25, -0.2) is 0 Å². The summed E-state index contributed by atoms with van der Waals surface area (Å²) in [5.74, 6) is -1.61. The molecule has 1 aromatic rings. The van der Waals surface area contributed by atoms with Crippen LogP contribution in [0.4, 0.5) is 5.69 Å². The first-order valence-corrected chi connectivity index (χ1v) is 6.02. The van der Waals surface area contributed by atoms with Crippen molar-refractivity contribution in [3.05, 3.63) is 29.8 Å². The van der Waals surface area contributed by atoms with Gasteiger partial charge in [0.1, 0.15) is 0 Å². The number of benzene rings is 1. The number of carboxylic acid groups (broad SMARTS) is 1. The largest absolute Gasteiger partial charge is 0.481 e. The summed E-state index contributed by atoms with van der Waals surface area (Å²) >= 11 is 0. The number of amides is 1. The maximum Gasteiger partial charge on any atom is 0.306 e. The Bertz CT molecular complexity index is 445. The zero-order valence-electron chi connectivity index (χ0n) is 10.8. The van der Waals surface area contributed by atoms with Crippen molar-refractivity contribution < 1.29 is 14.7 Å². The van der Waals surface area contributed by atoms with Gasteiger partial charge in [0.05, 0.1) is 12.0 Å².